The standard InChI is InChI=1S/C21H22ClN5O3/c1-4-14-7-13(5-6-29-14)27-18-15-8-16(22)24-11(2)19(15)30-20(18)17(25-21(27)28)12-9-23-26(3)10-12/h8-10,13-14H,4-7H2,1-3H3/t13-,14?/m0/s1. The van der Waals surface area contributed by atoms with Gasteiger partial charge in [0, 0.05) is 36.8 Å². The van der Waals surface area contributed by atoms with E-state index in [0.717, 1.165) is 30.2 Å². The number of fused-ring (bicyclic) bond motifs is 3. The molecule has 30 heavy (non-hydrogen) atoms. The van der Waals surface area contributed by atoms with Crippen molar-refractivity contribution in [2.45, 2.75) is 45.3 Å². The first kappa shape index (κ1) is 19.3. The average molecular weight is 428 g/mol. The number of nitrogens with zero attached hydrogens (tertiary/aromatic N) is 5. The molecular formula is C21H22ClN5O3. The van der Waals surface area contributed by atoms with E-state index in [9.17, 15) is 4.79 Å². The lowest BCUT2D eigenvalue weighted by molar-refractivity contribution is -0.00709. The van der Waals surface area contributed by atoms with Crippen LogP contribution in [0, 0.1) is 6.92 Å². The molecule has 156 valence electrons. The summed E-state index contributed by atoms with van der Waals surface area (Å²) in [7, 11) is 1.82. The van der Waals surface area contributed by atoms with Crippen LogP contribution in [-0.2, 0) is 11.8 Å². The number of ether oxygens (including phenoxy) is 1. The fourth-order valence-electron chi connectivity index (χ4n) is 4.35. The molecule has 1 aliphatic heterocycles. The minimum absolute atomic E-state index is 0.0257. The van der Waals surface area contributed by atoms with Gasteiger partial charge in [0.15, 0.2) is 11.2 Å². The molecule has 0 aromatic carbocycles. The van der Waals surface area contributed by atoms with E-state index in [1.54, 1.807) is 21.5 Å². The van der Waals surface area contributed by atoms with E-state index in [0.29, 0.717) is 39.8 Å². The molecule has 0 amide bonds. The van der Waals surface area contributed by atoms with Crippen molar-refractivity contribution in [3.8, 4) is 11.3 Å². The van der Waals surface area contributed by atoms with Gasteiger partial charge < -0.3 is 9.15 Å². The van der Waals surface area contributed by atoms with Crippen LogP contribution in [0.5, 0.6) is 0 Å². The number of rotatable bonds is 3. The van der Waals surface area contributed by atoms with Gasteiger partial charge in [-0.05, 0) is 32.3 Å². The van der Waals surface area contributed by atoms with E-state index >= 15 is 0 Å². The van der Waals surface area contributed by atoms with Crippen LogP contribution < -0.4 is 5.69 Å². The number of hydrogen-bond acceptors (Lipinski definition) is 6. The number of pyridine rings is 1. The summed E-state index contributed by atoms with van der Waals surface area (Å²) in [5, 5.41) is 5.36. The molecule has 0 radical (unpaired) electrons. The summed E-state index contributed by atoms with van der Waals surface area (Å²) in [6.45, 7) is 4.55. The Morgan fingerprint density at radius 3 is 2.87 bits per heavy atom. The summed E-state index contributed by atoms with van der Waals surface area (Å²) < 4.78 is 15.5. The number of aromatic nitrogens is 5. The molecule has 0 saturated carbocycles. The maximum atomic E-state index is 13.3. The SMILES string of the molecule is CCC1C[C@@H](n2c(=O)nc(-c3cnn(C)c3)c3oc4c(C)nc(Cl)cc4c32)CCO1. The number of aryl methyl sites for hydroxylation is 2. The molecular weight excluding hydrogens is 406 g/mol. The zero-order valence-corrected chi connectivity index (χ0v) is 17.8. The monoisotopic (exact) mass is 427 g/mol. The van der Waals surface area contributed by atoms with Crippen LogP contribution in [0.3, 0.4) is 0 Å². The van der Waals surface area contributed by atoms with Crippen LogP contribution in [0.2, 0.25) is 5.15 Å². The molecule has 5 rings (SSSR count). The molecule has 1 unspecified atom stereocenters. The fourth-order valence-corrected chi connectivity index (χ4v) is 4.59. The van der Waals surface area contributed by atoms with Crippen molar-refractivity contribution in [1.29, 1.82) is 0 Å². The second-order valence-corrected chi connectivity index (χ2v) is 8.17. The van der Waals surface area contributed by atoms with Crippen LogP contribution in [0.4, 0.5) is 0 Å². The van der Waals surface area contributed by atoms with Crippen molar-refractivity contribution < 1.29 is 9.15 Å². The number of halogens is 1. The highest BCUT2D eigenvalue weighted by Crippen LogP contribution is 2.38. The first-order chi connectivity index (χ1) is 14.5. The summed E-state index contributed by atoms with van der Waals surface area (Å²) in [5.74, 6) is 0. The summed E-state index contributed by atoms with van der Waals surface area (Å²) in [4.78, 5) is 22.1. The molecule has 0 bridgehead atoms. The van der Waals surface area contributed by atoms with Crippen LogP contribution in [0.25, 0.3) is 33.3 Å². The van der Waals surface area contributed by atoms with E-state index in [4.69, 9.17) is 20.8 Å². The predicted molar refractivity (Wildman–Crippen MR) is 114 cm³/mol. The van der Waals surface area contributed by atoms with Crippen molar-refractivity contribution >= 4 is 33.7 Å². The smallest absolute Gasteiger partial charge is 0.349 e. The minimum atomic E-state index is -0.309. The summed E-state index contributed by atoms with van der Waals surface area (Å²) in [6, 6.07) is 1.73. The molecule has 4 aromatic heterocycles. The molecule has 9 heteroatoms. The number of hydrogen-bond donors (Lipinski definition) is 0. The lowest BCUT2D eigenvalue weighted by Crippen LogP contribution is -2.34. The normalized spacial score (nSPS) is 19.7. The number of furan rings is 1. The van der Waals surface area contributed by atoms with Crippen LogP contribution in [0.15, 0.2) is 27.7 Å². The quantitative estimate of drug-likeness (QED) is 0.459. The maximum absolute atomic E-state index is 13.3. The minimum Gasteiger partial charge on any atom is -0.450 e. The Bertz CT molecular complexity index is 1320. The molecule has 5 heterocycles. The molecule has 1 saturated heterocycles. The Hall–Kier alpha value is -2.71. The molecule has 0 N–H and O–H groups in total. The Kier molecular flexibility index (Phi) is 4.63. The van der Waals surface area contributed by atoms with Crippen LogP contribution >= 0.6 is 11.6 Å². The van der Waals surface area contributed by atoms with E-state index in [2.05, 4.69) is 22.0 Å². The average Bonchev–Trinajstić information content (AvgIpc) is 3.32. The van der Waals surface area contributed by atoms with Crippen molar-refractivity contribution in [2.75, 3.05) is 6.61 Å². The van der Waals surface area contributed by atoms with Crippen molar-refractivity contribution in [3.05, 3.63) is 39.8 Å². The van der Waals surface area contributed by atoms with Gasteiger partial charge in [0.05, 0.1) is 18.0 Å². The van der Waals surface area contributed by atoms with E-state index in [1.807, 2.05) is 20.2 Å². The molecule has 1 aliphatic rings. The fraction of sp³-hybridized carbons (Fsp3) is 0.429. The Labute approximate surface area is 177 Å². The largest absolute Gasteiger partial charge is 0.450 e. The molecule has 8 nitrogen and oxygen atoms in total. The third kappa shape index (κ3) is 3.02. The van der Waals surface area contributed by atoms with Crippen molar-refractivity contribution in [3.63, 3.8) is 0 Å². The summed E-state index contributed by atoms with van der Waals surface area (Å²) >= 11 is 6.28. The second-order valence-electron chi connectivity index (χ2n) is 7.78. The van der Waals surface area contributed by atoms with Gasteiger partial charge in [-0.2, -0.15) is 10.1 Å². The first-order valence-electron chi connectivity index (χ1n) is 10.1. The van der Waals surface area contributed by atoms with Gasteiger partial charge in [-0.15, -0.1) is 0 Å². The lowest BCUT2D eigenvalue weighted by atomic mass is 10.0. The van der Waals surface area contributed by atoms with Gasteiger partial charge in [-0.25, -0.2) is 9.78 Å². The Balaban J connectivity index is 1.86. The third-order valence-electron chi connectivity index (χ3n) is 5.79. The van der Waals surface area contributed by atoms with Crippen molar-refractivity contribution in [2.24, 2.45) is 7.05 Å². The van der Waals surface area contributed by atoms with E-state index in [1.165, 1.54) is 0 Å². The maximum Gasteiger partial charge on any atom is 0.349 e. The molecule has 2 atom stereocenters. The Morgan fingerprint density at radius 2 is 2.13 bits per heavy atom. The molecule has 4 aromatic rings. The lowest BCUT2D eigenvalue weighted by Gasteiger charge is -2.30. The zero-order valence-electron chi connectivity index (χ0n) is 17.1. The van der Waals surface area contributed by atoms with Crippen LogP contribution in [-0.4, -0.2) is 37.0 Å². The highest BCUT2D eigenvalue weighted by atomic mass is 35.5. The van der Waals surface area contributed by atoms with E-state index in [-0.39, 0.29) is 17.8 Å². The first-order valence-corrected chi connectivity index (χ1v) is 10.5. The molecule has 0 aliphatic carbocycles. The second kappa shape index (κ2) is 7.21. The third-order valence-corrected chi connectivity index (χ3v) is 5.99. The van der Waals surface area contributed by atoms with Gasteiger partial charge in [0.2, 0.25) is 0 Å². The van der Waals surface area contributed by atoms with Crippen molar-refractivity contribution in [1.82, 2.24) is 24.3 Å². The molecule has 0 spiro atoms. The van der Waals surface area contributed by atoms with Gasteiger partial charge in [0.1, 0.15) is 16.4 Å². The van der Waals surface area contributed by atoms with Gasteiger partial charge in [0.25, 0.3) is 0 Å². The molecule has 1 fully saturated rings. The summed E-state index contributed by atoms with van der Waals surface area (Å²) in [5.41, 5.74) is 3.42. The van der Waals surface area contributed by atoms with Crippen LogP contribution in [0.1, 0.15) is 37.9 Å². The topological polar surface area (TPSA) is 88.0 Å². The zero-order chi connectivity index (χ0) is 21.0. The van der Waals surface area contributed by atoms with Gasteiger partial charge in [-0.3, -0.25) is 9.25 Å². The van der Waals surface area contributed by atoms with Gasteiger partial charge in [-0.1, -0.05) is 18.5 Å². The van der Waals surface area contributed by atoms with Gasteiger partial charge >= 0.3 is 5.69 Å². The van der Waals surface area contributed by atoms with E-state index < -0.39 is 0 Å². The predicted octanol–water partition coefficient (Wildman–Crippen LogP) is 4.03. The highest BCUT2D eigenvalue weighted by molar-refractivity contribution is 6.30. The highest BCUT2D eigenvalue weighted by Gasteiger charge is 2.29. The Morgan fingerprint density at radius 1 is 1.30 bits per heavy atom. The summed E-state index contributed by atoms with van der Waals surface area (Å²) in [6.07, 6.45) is 6.01.